The molecular formula is C54H31F3N4O2. The molecule has 11 rings (SSSR count). The van der Waals surface area contributed by atoms with E-state index >= 15 is 0 Å². The van der Waals surface area contributed by atoms with Gasteiger partial charge in [-0.1, -0.05) is 78.4 Å². The molecule has 0 N–H and O–H groups in total. The Kier molecular flexibility index (Phi) is 8.50. The molecule has 2 aromatic heterocycles. The van der Waals surface area contributed by atoms with Crippen molar-refractivity contribution in [1.82, 2.24) is 0 Å². The highest BCUT2D eigenvalue weighted by atomic mass is 19.4. The Labute approximate surface area is 358 Å². The maximum absolute atomic E-state index is 13.7. The smallest absolute Gasteiger partial charge is 0.416 e. The van der Waals surface area contributed by atoms with Crippen LogP contribution in [0.1, 0.15) is 16.7 Å². The summed E-state index contributed by atoms with van der Waals surface area (Å²) in [5.41, 5.74) is 8.60. The maximum Gasteiger partial charge on any atom is 0.416 e. The molecule has 300 valence electrons. The fourth-order valence-corrected chi connectivity index (χ4v) is 8.82. The summed E-state index contributed by atoms with van der Waals surface area (Å²) in [6.45, 7) is 9.59. The van der Waals surface area contributed by atoms with Crippen molar-refractivity contribution in [3.05, 3.63) is 198 Å². The van der Waals surface area contributed by atoms with Gasteiger partial charge in [0.2, 0.25) is 0 Å². The quantitative estimate of drug-likeness (QED) is 0.156. The summed E-state index contributed by atoms with van der Waals surface area (Å²) in [6.07, 6.45) is -4.49. The lowest BCUT2D eigenvalue weighted by Crippen LogP contribution is -2.11. The summed E-state index contributed by atoms with van der Waals surface area (Å²) in [7, 11) is 0. The lowest BCUT2D eigenvalue weighted by Gasteiger charge is -2.27. The predicted molar refractivity (Wildman–Crippen MR) is 246 cm³/mol. The highest BCUT2D eigenvalue weighted by Crippen LogP contribution is 2.49. The number of hydrogen-bond donors (Lipinski definition) is 0. The second-order valence-electron chi connectivity index (χ2n) is 15.5. The molecule has 0 aliphatic rings. The third-order valence-corrected chi connectivity index (χ3v) is 11.8. The third kappa shape index (κ3) is 6.17. The second kappa shape index (κ2) is 14.3. The van der Waals surface area contributed by atoms with Gasteiger partial charge in [-0.05, 0) is 96.6 Å². The molecule has 0 amide bonds. The van der Waals surface area contributed by atoms with Crippen LogP contribution in [0.4, 0.5) is 53.0 Å². The zero-order valence-corrected chi connectivity index (χ0v) is 33.4. The SMILES string of the molecule is [C-]#[N+]c1ccc(N(c2ccc(C)cc2)c2cc3oc4cc5oc6cc(N(c7ccc(C#N)cc7)c7ccc(C(F)(F)F)cc7)c7ccccc7c6c5cc4c3c3ccccc23)cc1. The number of hydrogen-bond acceptors (Lipinski definition) is 5. The molecule has 0 radical (unpaired) electrons. The van der Waals surface area contributed by atoms with Crippen LogP contribution in [0.3, 0.4) is 0 Å². The van der Waals surface area contributed by atoms with Crippen LogP contribution in [0.2, 0.25) is 0 Å². The van der Waals surface area contributed by atoms with Crippen molar-refractivity contribution in [2.45, 2.75) is 13.1 Å². The molecule has 9 aromatic carbocycles. The molecule has 0 atom stereocenters. The minimum absolute atomic E-state index is 0.459. The Morgan fingerprint density at radius 1 is 0.508 bits per heavy atom. The number of halogens is 3. The van der Waals surface area contributed by atoms with Gasteiger partial charge in [-0.3, -0.25) is 0 Å². The monoisotopic (exact) mass is 824 g/mol. The van der Waals surface area contributed by atoms with Gasteiger partial charge >= 0.3 is 6.18 Å². The topological polar surface area (TPSA) is 60.9 Å². The fourth-order valence-electron chi connectivity index (χ4n) is 8.82. The molecule has 0 spiro atoms. The average Bonchev–Trinajstić information content (AvgIpc) is 3.86. The van der Waals surface area contributed by atoms with Crippen molar-refractivity contribution in [3.8, 4) is 6.07 Å². The third-order valence-electron chi connectivity index (χ3n) is 11.8. The van der Waals surface area contributed by atoms with Crippen LogP contribution in [0.5, 0.6) is 0 Å². The van der Waals surface area contributed by atoms with Crippen LogP contribution in [0.15, 0.2) is 179 Å². The van der Waals surface area contributed by atoms with E-state index in [0.717, 1.165) is 77.8 Å². The van der Waals surface area contributed by atoms with Crippen molar-refractivity contribution < 1.29 is 22.0 Å². The van der Waals surface area contributed by atoms with Gasteiger partial charge < -0.3 is 18.6 Å². The number of furan rings is 2. The van der Waals surface area contributed by atoms with E-state index in [9.17, 15) is 18.4 Å². The van der Waals surface area contributed by atoms with E-state index in [4.69, 9.17) is 15.4 Å². The Morgan fingerprint density at radius 3 is 1.38 bits per heavy atom. The van der Waals surface area contributed by atoms with Crippen LogP contribution in [0, 0.1) is 24.8 Å². The van der Waals surface area contributed by atoms with Crippen molar-refractivity contribution in [1.29, 1.82) is 5.26 Å². The number of anilines is 6. The summed E-state index contributed by atoms with van der Waals surface area (Å²) in [5.74, 6) is 0. The Hall–Kier alpha value is -8.53. The maximum atomic E-state index is 13.7. The first-order valence-electron chi connectivity index (χ1n) is 20.1. The van der Waals surface area contributed by atoms with Gasteiger partial charge in [0.15, 0.2) is 5.69 Å². The number of alkyl halides is 3. The van der Waals surface area contributed by atoms with Crippen molar-refractivity contribution in [2.75, 3.05) is 9.80 Å². The molecule has 0 aliphatic heterocycles. The minimum atomic E-state index is -4.49. The van der Waals surface area contributed by atoms with Gasteiger partial charge in [0.25, 0.3) is 0 Å². The first kappa shape index (κ1) is 37.5. The number of nitrogens with zero attached hydrogens (tertiary/aromatic N) is 4. The normalized spacial score (nSPS) is 11.8. The second-order valence-corrected chi connectivity index (χ2v) is 15.5. The summed E-state index contributed by atoms with van der Waals surface area (Å²) < 4.78 is 54.6. The largest absolute Gasteiger partial charge is 0.456 e. The van der Waals surface area contributed by atoms with Crippen molar-refractivity contribution >= 4 is 105 Å². The number of nitriles is 1. The van der Waals surface area contributed by atoms with E-state index in [-0.39, 0.29) is 0 Å². The van der Waals surface area contributed by atoms with Gasteiger partial charge in [0, 0.05) is 73.3 Å². The average molecular weight is 825 g/mol. The standard InChI is InChI=1S/C54H31F3N4O2/c1-32-11-19-36(20-12-32)60(39-25-17-35(59-2)18-26-39)46-28-50-52(42-9-5-3-7-40(42)46)44-27-45-49(30-48(44)62-50)63-51-29-47(41-8-4-6-10-43(41)53(45)51)61(37-21-13-33(31-58)14-22-37)38-23-15-34(16-24-38)54(55,56)57/h3-30H,1H3. The van der Waals surface area contributed by atoms with Crippen molar-refractivity contribution in [3.63, 3.8) is 0 Å². The lowest BCUT2D eigenvalue weighted by atomic mass is 9.98. The molecule has 11 aromatic rings. The molecule has 2 heterocycles. The Balaban J connectivity index is 1.13. The molecular weight excluding hydrogens is 794 g/mol. The number of aryl methyl sites for hydroxylation is 1. The van der Waals surface area contributed by atoms with Crippen LogP contribution < -0.4 is 9.80 Å². The zero-order chi connectivity index (χ0) is 43.0. The molecule has 0 unspecified atom stereocenters. The van der Waals surface area contributed by atoms with Gasteiger partial charge in [-0.15, -0.1) is 0 Å². The summed E-state index contributed by atoms with van der Waals surface area (Å²) in [5, 5.41) is 17.0. The van der Waals surface area contributed by atoms with Gasteiger partial charge in [0.1, 0.15) is 22.3 Å². The predicted octanol–water partition coefficient (Wildman–Crippen LogP) is 16.5. The Morgan fingerprint density at radius 2 is 0.937 bits per heavy atom. The first-order chi connectivity index (χ1) is 30.7. The highest BCUT2D eigenvalue weighted by molar-refractivity contribution is 6.28. The van der Waals surface area contributed by atoms with E-state index < -0.39 is 11.7 Å². The number of rotatable bonds is 6. The molecule has 63 heavy (non-hydrogen) atoms. The van der Waals surface area contributed by atoms with Gasteiger partial charge in [-0.25, -0.2) is 4.85 Å². The summed E-state index contributed by atoms with van der Waals surface area (Å²) in [6, 6.07) is 54.4. The Bertz CT molecular complexity index is 3690. The summed E-state index contributed by atoms with van der Waals surface area (Å²) in [4.78, 5) is 7.69. The molecule has 0 saturated heterocycles. The van der Waals surface area contributed by atoms with E-state index in [1.807, 2.05) is 77.7 Å². The molecule has 0 bridgehead atoms. The van der Waals surface area contributed by atoms with Gasteiger partial charge in [-0.2, -0.15) is 18.4 Å². The minimum Gasteiger partial charge on any atom is -0.456 e. The molecule has 0 aliphatic carbocycles. The van der Waals surface area contributed by atoms with Crippen LogP contribution in [-0.4, -0.2) is 0 Å². The van der Waals surface area contributed by atoms with E-state index in [1.54, 1.807) is 24.3 Å². The highest BCUT2D eigenvalue weighted by Gasteiger charge is 2.31. The van der Waals surface area contributed by atoms with E-state index in [0.29, 0.717) is 50.6 Å². The van der Waals surface area contributed by atoms with Crippen LogP contribution in [-0.2, 0) is 6.18 Å². The van der Waals surface area contributed by atoms with Crippen LogP contribution in [0.25, 0.3) is 70.3 Å². The first-order valence-corrected chi connectivity index (χ1v) is 20.1. The fraction of sp³-hybridized carbons (Fsp3) is 0.0370. The number of fused-ring (bicyclic) bond motifs is 10. The molecule has 0 saturated carbocycles. The van der Waals surface area contributed by atoms with E-state index in [2.05, 4.69) is 71.3 Å². The molecule has 9 heteroatoms. The van der Waals surface area contributed by atoms with Crippen LogP contribution >= 0.6 is 0 Å². The van der Waals surface area contributed by atoms with Gasteiger partial charge in [0.05, 0.1) is 35.1 Å². The zero-order valence-electron chi connectivity index (χ0n) is 33.4. The molecule has 0 fully saturated rings. The lowest BCUT2D eigenvalue weighted by molar-refractivity contribution is -0.137. The summed E-state index contributed by atoms with van der Waals surface area (Å²) >= 11 is 0. The van der Waals surface area contributed by atoms with Crippen molar-refractivity contribution in [2.24, 2.45) is 0 Å². The molecule has 6 nitrogen and oxygen atoms in total. The number of benzene rings is 9. The van der Waals surface area contributed by atoms with E-state index in [1.165, 1.54) is 12.1 Å².